The molecule has 1 aromatic carbocycles. The van der Waals surface area contributed by atoms with Gasteiger partial charge in [-0.15, -0.1) is 0 Å². The maximum Gasteiger partial charge on any atom is 0.434 e. The zero-order chi connectivity index (χ0) is 16.8. The molecule has 2 aromatic rings. The smallest absolute Gasteiger partial charge is 0.434 e. The van der Waals surface area contributed by atoms with Gasteiger partial charge < -0.3 is 10.0 Å². The summed E-state index contributed by atoms with van der Waals surface area (Å²) < 4.78 is 40.5. The number of benzene rings is 1. The Hall–Kier alpha value is -2.84. The van der Waals surface area contributed by atoms with Gasteiger partial charge in [0.1, 0.15) is 5.56 Å². The topological polar surface area (TPSA) is 75.4 Å². The van der Waals surface area contributed by atoms with Crippen LogP contribution in [0.2, 0.25) is 0 Å². The quantitative estimate of drug-likeness (QED) is 0.877. The minimum atomic E-state index is -4.88. The molecule has 6 nitrogen and oxygen atoms in total. The fourth-order valence-corrected chi connectivity index (χ4v) is 2.71. The normalized spacial score (nSPS) is 14.0. The number of aromatic carboxylic acids is 1. The van der Waals surface area contributed by atoms with Gasteiger partial charge in [0.25, 0.3) is 0 Å². The Morgan fingerprint density at radius 3 is 2.61 bits per heavy atom. The first-order valence-electron chi connectivity index (χ1n) is 6.57. The third kappa shape index (κ3) is 2.33. The van der Waals surface area contributed by atoms with Crippen LogP contribution >= 0.6 is 0 Å². The molecular formula is C14H10F3N3O3. The molecule has 0 aliphatic carbocycles. The van der Waals surface area contributed by atoms with Crippen molar-refractivity contribution in [3.63, 3.8) is 0 Å². The van der Waals surface area contributed by atoms with Crippen LogP contribution in [0.15, 0.2) is 24.4 Å². The van der Waals surface area contributed by atoms with Crippen LogP contribution in [-0.2, 0) is 17.4 Å². The first kappa shape index (κ1) is 15.1. The molecule has 1 amide bonds. The highest BCUT2D eigenvalue weighted by molar-refractivity contribution is 5.89. The number of alkyl halides is 3. The fraction of sp³-hybridized carbons (Fsp3) is 0.214. The first-order chi connectivity index (χ1) is 10.8. The van der Waals surface area contributed by atoms with Gasteiger partial charge in [0.2, 0.25) is 6.41 Å². The number of carbonyl (C=O) groups is 2. The highest BCUT2D eigenvalue weighted by atomic mass is 19.4. The molecule has 0 saturated carbocycles. The van der Waals surface area contributed by atoms with E-state index in [1.54, 1.807) is 6.07 Å². The molecule has 120 valence electrons. The standard InChI is InChI=1S/C14H10F3N3O3/c15-14(16,17)12-9(13(22)23)6-18-20(12)11-3-1-2-10-8(11)4-5-19(10)7-21/h1-3,6-7H,4-5H2,(H,22,23). The number of carbonyl (C=O) groups excluding carboxylic acids is 1. The van der Waals surface area contributed by atoms with Crippen molar-refractivity contribution in [3.05, 3.63) is 41.2 Å². The van der Waals surface area contributed by atoms with Crippen LogP contribution in [0.5, 0.6) is 0 Å². The van der Waals surface area contributed by atoms with Gasteiger partial charge in [-0.3, -0.25) is 4.79 Å². The van der Waals surface area contributed by atoms with Crippen molar-refractivity contribution in [2.45, 2.75) is 12.6 Å². The molecule has 0 atom stereocenters. The average Bonchev–Trinajstić information content (AvgIpc) is 3.10. The average molecular weight is 325 g/mol. The van der Waals surface area contributed by atoms with Gasteiger partial charge in [0, 0.05) is 17.8 Å². The molecule has 0 unspecified atom stereocenters. The Morgan fingerprint density at radius 1 is 1.30 bits per heavy atom. The van der Waals surface area contributed by atoms with Crippen molar-refractivity contribution >= 4 is 18.1 Å². The number of halogens is 3. The molecule has 1 aliphatic rings. The summed E-state index contributed by atoms with van der Waals surface area (Å²) in [6, 6.07) is 4.54. The van der Waals surface area contributed by atoms with Crippen molar-refractivity contribution in [1.82, 2.24) is 9.78 Å². The maximum atomic E-state index is 13.3. The summed E-state index contributed by atoms with van der Waals surface area (Å²) in [6.45, 7) is 0.351. The van der Waals surface area contributed by atoms with E-state index in [0.717, 1.165) is 0 Å². The molecule has 0 saturated heterocycles. The molecule has 2 heterocycles. The van der Waals surface area contributed by atoms with E-state index in [9.17, 15) is 22.8 Å². The van der Waals surface area contributed by atoms with Crippen LogP contribution in [0.25, 0.3) is 5.69 Å². The van der Waals surface area contributed by atoms with E-state index >= 15 is 0 Å². The van der Waals surface area contributed by atoms with E-state index in [2.05, 4.69) is 5.10 Å². The fourth-order valence-electron chi connectivity index (χ4n) is 2.71. The zero-order valence-corrected chi connectivity index (χ0v) is 11.5. The number of hydrogen-bond acceptors (Lipinski definition) is 3. The molecule has 0 spiro atoms. The van der Waals surface area contributed by atoms with Crippen molar-refractivity contribution in [1.29, 1.82) is 0 Å². The lowest BCUT2D eigenvalue weighted by Gasteiger charge is -2.15. The number of carboxylic acid groups (broad SMARTS) is 1. The van der Waals surface area contributed by atoms with E-state index in [1.165, 1.54) is 17.0 Å². The predicted octanol–water partition coefficient (Wildman–Crippen LogP) is 2.11. The number of fused-ring (bicyclic) bond motifs is 1. The van der Waals surface area contributed by atoms with Crippen molar-refractivity contribution in [3.8, 4) is 5.69 Å². The van der Waals surface area contributed by atoms with Gasteiger partial charge in [-0.2, -0.15) is 18.3 Å². The zero-order valence-electron chi connectivity index (χ0n) is 11.5. The lowest BCUT2D eigenvalue weighted by Crippen LogP contribution is -2.18. The van der Waals surface area contributed by atoms with Gasteiger partial charge >= 0.3 is 12.1 Å². The second-order valence-electron chi connectivity index (χ2n) is 4.95. The minimum Gasteiger partial charge on any atom is -0.478 e. The van der Waals surface area contributed by atoms with Crippen LogP contribution in [0.4, 0.5) is 18.9 Å². The Labute approximate surface area is 127 Å². The van der Waals surface area contributed by atoms with Crippen LogP contribution < -0.4 is 4.90 Å². The van der Waals surface area contributed by atoms with Crippen LogP contribution in [0.3, 0.4) is 0 Å². The van der Waals surface area contributed by atoms with Gasteiger partial charge in [-0.1, -0.05) is 6.07 Å². The third-order valence-corrected chi connectivity index (χ3v) is 3.66. The summed E-state index contributed by atoms with van der Waals surface area (Å²) in [5.74, 6) is -1.70. The van der Waals surface area contributed by atoms with Crippen LogP contribution in [0.1, 0.15) is 21.6 Å². The number of nitrogens with zero attached hydrogens (tertiary/aromatic N) is 3. The highest BCUT2D eigenvalue weighted by Gasteiger charge is 2.41. The summed E-state index contributed by atoms with van der Waals surface area (Å²) in [4.78, 5) is 23.4. The second-order valence-corrected chi connectivity index (χ2v) is 4.95. The first-order valence-corrected chi connectivity index (χ1v) is 6.57. The summed E-state index contributed by atoms with van der Waals surface area (Å²) in [7, 11) is 0. The van der Waals surface area contributed by atoms with Gasteiger partial charge in [0.05, 0.1) is 11.9 Å². The van der Waals surface area contributed by atoms with E-state index in [0.29, 0.717) is 41.5 Å². The van der Waals surface area contributed by atoms with E-state index in [-0.39, 0.29) is 5.69 Å². The summed E-state index contributed by atoms with van der Waals surface area (Å²) >= 11 is 0. The van der Waals surface area contributed by atoms with Crippen molar-refractivity contribution in [2.75, 3.05) is 11.4 Å². The monoisotopic (exact) mass is 325 g/mol. The molecule has 1 N–H and O–H groups in total. The minimum absolute atomic E-state index is 0.117. The van der Waals surface area contributed by atoms with Gasteiger partial charge in [0.15, 0.2) is 5.69 Å². The Morgan fingerprint density at radius 2 is 2.00 bits per heavy atom. The van der Waals surface area contributed by atoms with Crippen molar-refractivity contribution in [2.24, 2.45) is 0 Å². The number of hydrogen-bond donors (Lipinski definition) is 1. The van der Waals surface area contributed by atoms with E-state index in [4.69, 9.17) is 5.11 Å². The van der Waals surface area contributed by atoms with Gasteiger partial charge in [-0.25, -0.2) is 9.48 Å². The lowest BCUT2D eigenvalue weighted by atomic mass is 10.1. The SMILES string of the molecule is O=CN1CCc2c1cccc2-n1ncc(C(=O)O)c1C(F)(F)F. The molecule has 1 aromatic heterocycles. The van der Waals surface area contributed by atoms with Gasteiger partial charge in [-0.05, 0) is 18.6 Å². The lowest BCUT2D eigenvalue weighted by molar-refractivity contribution is -0.143. The summed E-state index contributed by atoms with van der Waals surface area (Å²) in [5.41, 5.74) is -1.13. The molecular weight excluding hydrogens is 315 g/mol. The van der Waals surface area contributed by atoms with E-state index < -0.39 is 23.4 Å². The molecule has 9 heteroatoms. The number of rotatable bonds is 3. The molecule has 0 fully saturated rings. The molecule has 0 bridgehead atoms. The Bertz CT molecular complexity index is 798. The molecule has 1 aliphatic heterocycles. The van der Waals surface area contributed by atoms with E-state index in [1.807, 2.05) is 0 Å². The Kier molecular flexibility index (Phi) is 3.35. The summed E-state index contributed by atoms with van der Waals surface area (Å²) in [6.07, 6.45) is -3.23. The number of carboxylic acids is 1. The molecule has 0 radical (unpaired) electrons. The van der Waals surface area contributed by atoms with Crippen LogP contribution in [0, 0.1) is 0 Å². The maximum absolute atomic E-state index is 13.3. The predicted molar refractivity (Wildman–Crippen MR) is 72.6 cm³/mol. The van der Waals surface area contributed by atoms with Crippen LogP contribution in [-0.4, -0.2) is 33.8 Å². The highest BCUT2D eigenvalue weighted by Crippen LogP contribution is 2.37. The molecule has 23 heavy (non-hydrogen) atoms. The largest absolute Gasteiger partial charge is 0.478 e. The molecule has 3 rings (SSSR count). The number of anilines is 1. The third-order valence-electron chi connectivity index (χ3n) is 3.66. The Balaban J connectivity index is 2.24. The summed E-state index contributed by atoms with van der Waals surface area (Å²) in [5, 5.41) is 12.6. The van der Waals surface area contributed by atoms with Crippen molar-refractivity contribution < 1.29 is 27.9 Å². The second kappa shape index (κ2) is 5.11. The number of amides is 1. The number of aromatic nitrogens is 2.